The van der Waals surface area contributed by atoms with Crippen LogP contribution in [0.15, 0.2) is 84.9 Å². The Balaban J connectivity index is 1.69. The molecular weight excluding hydrogens is 342 g/mol. The molecule has 28 heavy (non-hydrogen) atoms. The molecule has 0 heterocycles. The van der Waals surface area contributed by atoms with E-state index in [4.69, 9.17) is 0 Å². The van der Waals surface area contributed by atoms with E-state index < -0.39 is 6.10 Å². The van der Waals surface area contributed by atoms with Crippen molar-refractivity contribution in [3.05, 3.63) is 113 Å². The van der Waals surface area contributed by atoms with E-state index in [1.54, 1.807) is 0 Å². The van der Waals surface area contributed by atoms with Crippen LogP contribution in [0.5, 0.6) is 0 Å². The summed E-state index contributed by atoms with van der Waals surface area (Å²) in [6.45, 7) is 6.41. The Morgan fingerprint density at radius 1 is 0.750 bits per heavy atom. The summed E-state index contributed by atoms with van der Waals surface area (Å²) in [7, 11) is 0. The monoisotopic (exact) mass is 371 g/mol. The van der Waals surface area contributed by atoms with Crippen molar-refractivity contribution in [3.63, 3.8) is 0 Å². The van der Waals surface area contributed by atoms with E-state index in [1.807, 2.05) is 42.5 Å². The number of aliphatic hydroxyl groups excluding tert-OH is 1. The topological polar surface area (TPSA) is 23.5 Å². The maximum absolute atomic E-state index is 10.6. The standard InChI is InChI=1S/C26H29NO/c1-21-8-12-24(13-9-21)18-27(19-25-14-10-22(2)11-15-25)20-26(28)17-16-23-6-4-3-5-7-23/h3-17,26,28H,18-20H2,1-2H3/b17-16+. The smallest absolute Gasteiger partial charge is 0.0851 e. The Kier molecular flexibility index (Phi) is 7.18. The van der Waals surface area contributed by atoms with Gasteiger partial charge in [-0.05, 0) is 30.5 Å². The van der Waals surface area contributed by atoms with E-state index in [9.17, 15) is 5.11 Å². The van der Waals surface area contributed by atoms with Crippen molar-refractivity contribution >= 4 is 6.08 Å². The Bertz CT molecular complexity index is 819. The van der Waals surface area contributed by atoms with Gasteiger partial charge in [0.15, 0.2) is 0 Å². The van der Waals surface area contributed by atoms with E-state index >= 15 is 0 Å². The highest BCUT2D eigenvalue weighted by Gasteiger charge is 2.11. The first-order valence-electron chi connectivity index (χ1n) is 9.83. The van der Waals surface area contributed by atoms with Crippen molar-refractivity contribution < 1.29 is 5.11 Å². The van der Waals surface area contributed by atoms with Crippen LogP contribution in [0.25, 0.3) is 6.08 Å². The molecule has 3 aromatic rings. The lowest BCUT2D eigenvalue weighted by Gasteiger charge is -2.24. The molecule has 0 saturated heterocycles. The lowest BCUT2D eigenvalue weighted by molar-refractivity contribution is 0.137. The molecule has 2 heteroatoms. The van der Waals surface area contributed by atoms with Gasteiger partial charge < -0.3 is 5.11 Å². The van der Waals surface area contributed by atoms with E-state index in [-0.39, 0.29) is 0 Å². The van der Waals surface area contributed by atoms with Gasteiger partial charge in [-0.25, -0.2) is 0 Å². The first kappa shape index (κ1) is 20.1. The Hall–Kier alpha value is -2.68. The lowest BCUT2D eigenvalue weighted by atomic mass is 10.1. The van der Waals surface area contributed by atoms with Crippen LogP contribution in [0.1, 0.15) is 27.8 Å². The molecule has 0 saturated carbocycles. The summed E-state index contributed by atoms with van der Waals surface area (Å²) < 4.78 is 0. The van der Waals surface area contributed by atoms with Gasteiger partial charge in [0.1, 0.15) is 0 Å². The summed E-state index contributed by atoms with van der Waals surface area (Å²) in [5.41, 5.74) is 6.15. The molecule has 1 N–H and O–H groups in total. The quantitative estimate of drug-likeness (QED) is 0.575. The molecule has 0 aliphatic carbocycles. The number of rotatable bonds is 8. The van der Waals surface area contributed by atoms with Crippen LogP contribution in [-0.2, 0) is 13.1 Å². The first-order valence-corrected chi connectivity index (χ1v) is 9.83. The van der Waals surface area contributed by atoms with E-state index in [0.717, 1.165) is 18.7 Å². The van der Waals surface area contributed by atoms with E-state index in [0.29, 0.717) is 6.54 Å². The Labute approximate surface area is 168 Å². The second kappa shape index (κ2) is 10.0. The number of benzene rings is 3. The fraction of sp³-hybridized carbons (Fsp3) is 0.231. The van der Waals surface area contributed by atoms with E-state index in [1.165, 1.54) is 22.3 Å². The zero-order valence-electron chi connectivity index (χ0n) is 16.8. The molecular formula is C26H29NO. The summed E-state index contributed by atoms with van der Waals surface area (Å²) >= 11 is 0. The largest absolute Gasteiger partial charge is 0.388 e. The lowest BCUT2D eigenvalue weighted by Crippen LogP contribution is -2.30. The van der Waals surface area contributed by atoms with Gasteiger partial charge in [-0.15, -0.1) is 0 Å². The van der Waals surface area contributed by atoms with Crippen LogP contribution in [0.4, 0.5) is 0 Å². The molecule has 3 rings (SSSR count). The predicted octanol–water partition coefficient (Wildman–Crippen LogP) is 5.38. The average molecular weight is 372 g/mol. The van der Waals surface area contributed by atoms with Crippen molar-refractivity contribution in [2.45, 2.75) is 33.0 Å². The molecule has 0 aliphatic heterocycles. The molecule has 0 amide bonds. The molecule has 0 aromatic heterocycles. The minimum Gasteiger partial charge on any atom is -0.388 e. The first-order chi connectivity index (χ1) is 13.6. The highest BCUT2D eigenvalue weighted by atomic mass is 16.3. The average Bonchev–Trinajstić information content (AvgIpc) is 2.71. The summed E-state index contributed by atoms with van der Waals surface area (Å²) in [4.78, 5) is 2.30. The molecule has 144 valence electrons. The van der Waals surface area contributed by atoms with Crippen LogP contribution in [0.3, 0.4) is 0 Å². The van der Waals surface area contributed by atoms with Gasteiger partial charge in [-0.2, -0.15) is 0 Å². The number of hydrogen-bond acceptors (Lipinski definition) is 2. The number of nitrogens with zero attached hydrogens (tertiary/aromatic N) is 1. The number of aliphatic hydroxyl groups is 1. The normalized spacial score (nSPS) is 12.6. The Morgan fingerprint density at radius 3 is 1.75 bits per heavy atom. The fourth-order valence-corrected chi connectivity index (χ4v) is 3.20. The molecule has 1 atom stereocenters. The molecule has 0 bridgehead atoms. The van der Waals surface area contributed by atoms with Crippen LogP contribution < -0.4 is 0 Å². The van der Waals surface area contributed by atoms with Gasteiger partial charge >= 0.3 is 0 Å². The third-order valence-corrected chi connectivity index (χ3v) is 4.81. The Morgan fingerprint density at radius 2 is 1.25 bits per heavy atom. The molecule has 0 aliphatic rings. The van der Waals surface area contributed by atoms with Crippen molar-refractivity contribution in [2.75, 3.05) is 6.54 Å². The predicted molar refractivity (Wildman–Crippen MR) is 118 cm³/mol. The van der Waals surface area contributed by atoms with Gasteiger partial charge in [0.25, 0.3) is 0 Å². The van der Waals surface area contributed by atoms with Gasteiger partial charge in [0, 0.05) is 19.6 Å². The van der Waals surface area contributed by atoms with Crippen molar-refractivity contribution in [2.24, 2.45) is 0 Å². The van der Waals surface area contributed by atoms with Crippen molar-refractivity contribution in [3.8, 4) is 0 Å². The third kappa shape index (κ3) is 6.49. The van der Waals surface area contributed by atoms with Crippen molar-refractivity contribution in [1.29, 1.82) is 0 Å². The second-order valence-corrected chi connectivity index (χ2v) is 7.48. The van der Waals surface area contributed by atoms with Gasteiger partial charge in [-0.3, -0.25) is 4.90 Å². The highest BCUT2D eigenvalue weighted by Crippen LogP contribution is 2.13. The number of hydrogen-bond donors (Lipinski definition) is 1. The molecule has 3 aromatic carbocycles. The highest BCUT2D eigenvalue weighted by molar-refractivity contribution is 5.49. The zero-order chi connectivity index (χ0) is 19.8. The minimum absolute atomic E-state index is 0.517. The molecule has 2 nitrogen and oxygen atoms in total. The maximum Gasteiger partial charge on any atom is 0.0851 e. The van der Waals surface area contributed by atoms with Crippen LogP contribution in [0.2, 0.25) is 0 Å². The summed E-state index contributed by atoms with van der Waals surface area (Å²) in [6, 6.07) is 27.4. The van der Waals surface area contributed by atoms with Crippen LogP contribution >= 0.6 is 0 Å². The second-order valence-electron chi connectivity index (χ2n) is 7.48. The third-order valence-electron chi connectivity index (χ3n) is 4.81. The summed E-state index contributed by atoms with van der Waals surface area (Å²) in [6.07, 6.45) is 3.35. The number of aryl methyl sites for hydroxylation is 2. The van der Waals surface area contributed by atoms with E-state index in [2.05, 4.69) is 67.3 Å². The SMILES string of the molecule is Cc1ccc(CN(Cc2ccc(C)cc2)CC(O)/C=C/c2ccccc2)cc1. The van der Waals surface area contributed by atoms with Gasteiger partial charge in [0.2, 0.25) is 0 Å². The van der Waals surface area contributed by atoms with Gasteiger partial charge in [0.05, 0.1) is 6.10 Å². The maximum atomic E-state index is 10.6. The molecule has 0 fully saturated rings. The van der Waals surface area contributed by atoms with Crippen molar-refractivity contribution in [1.82, 2.24) is 4.90 Å². The zero-order valence-corrected chi connectivity index (χ0v) is 16.8. The minimum atomic E-state index is -0.517. The summed E-state index contributed by atoms with van der Waals surface area (Å²) in [5, 5.41) is 10.6. The van der Waals surface area contributed by atoms with Crippen LogP contribution in [-0.4, -0.2) is 22.7 Å². The molecule has 0 spiro atoms. The van der Waals surface area contributed by atoms with Gasteiger partial charge in [-0.1, -0.05) is 102 Å². The molecule has 0 radical (unpaired) electrons. The molecule has 1 unspecified atom stereocenters. The summed E-state index contributed by atoms with van der Waals surface area (Å²) in [5.74, 6) is 0. The fourth-order valence-electron chi connectivity index (χ4n) is 3.20. The van der Waals surface area contributed by atoms with Crippen LogP contribution in [0, 0.1) is 13.8 Å².